The maximum absolute atomic E-state index is 8.61. The lowest BCUT2D eigenvalue weighted by molar-refractivity contribution is 0.135. The van der Waals surface area contributed by atoms with Crippen LogP contribution in [-0.2, 0) is 0 Å². The van der Waals surface area contributed by atoms with Crippen molar-refractivity contribution in [2.75, 3.05) is 26.8 Å². The van der Waals surface area contributed by atoms with Crippen molar-refractivity contribution in [3.05, 3.63) is 0 Å². The molecule has 0 unspecified atom stereocenters. The van der Waals surface area contributed by atoms with Crippen LogP contribution in [0, 0.1) is 0 Å². The normalized spacial score (nSPS) is 14.3. The molecule has 0 aliphatic heterocycles. The zero-order chi connectivity index (χ0) is 7.28. The highest BCUT2D eigenvalue weighted by molar-refractivity contribution is 4.59. The smallest absolute Gasteiger partial charge is 0.0584 e. The van der Waals surface area contributed by atoms with E-state index in [1.807, 2.05) is 18.9 Å². The molecule has 3 nitrogen and oxygen atoms in total. The fraction of sp³-hybridized carbons (Fsp3) is 1.00. The fourth-order valence-corrected chi connectivity index (χ4v) is 0.518. The van der Waals surface area contributed by atoms with Crippen LogP contribution in [0.3, 0.4) is 0 Å². The molecule has 0 fully saturated rings. The summed E-state index contributed by atoms with van der Waals surface area (Å²) in [5.74, 6) is 0. The molecule has 0 heterocycles. The molecule has 0 rings (SSSR count). The van der Waals surface area contributed by atoms with Crippen molar-refractivity contribution in [2.45, 2.75) is 13.0 Å². The van der Waals surface area contributed by atoms with E-state index in [9.17, 15) is 0 Å². The Balaban J connectivity index is 3.32. The summed E-state index contributed by atoms with van der Waals surface area (Å²) in [5, 5.41) is 17.1. The van der Waals surface area contributed by atoms with E-state index >= 15 is 0 Å². The van der Waals surface area contributed by atoms with Crippen LogP contribution in [0.25, 0.3) is 0 Å². The van der Waals surface area contributed by atoms with Crippen molar-refractivity contribution in [1.82, 2.24) is 4.90 Å². The van der Waals surface area contributed by atoms with E-state index in [4.69, 9.17) is 10.2 Å². The third-order valence-electron chi connectivity index (χ3n) is 1.47. The molecule has 0 saturated carbocycles. The Bertz CT molecular complexity index is 68.1. The minimum Gasteiger partial charge on any atom is -0.395 e. The number of hydrogen-bond donors (Lipinski definition) is 2. The standard InChI is InChI=1S/C6H15NO2/c1-6(5-9)7(2)3-4-8/h6,8-9H,3-5H2,1-2H3/t6-/m1/s1. The molecule has 0 aliphatic rings. The summed E-state index contributed by atoms with van der Waals surface area (Å²) in [6.07, 6.45) is 0. The molecule has 56 valence electrons. The van der Waals surface area contributed by atoms with Crippen molar-refractivity contribution in [3.63, 3.8) is 0 Å². The van der Waals surface area contributed by atoms with Crippen molar-refractivity contribution in [1.29, 1.82) is 0 Å². The van der Waals surface area contributed by atoms with Crippen LogP contribution >= 0.6 is 0 Å². The monoisotopic (exact) mass is 133 g/mol. The van der Waals surface area contributed by atoms with Gasteiger partial charge in [-0.15, -0.1) is 0 Å². The average Bonchev–Trinajstić information content (AvgIpc) is 1.87. The highest BCUT2D eigenvalue weighted by atomic mass is 16.3. The van der Waals surface area contributed by atoms with Crippen LogP contribution in [0.15, 0.2) is 0 Å². The number of hydrogen-bond acceptors (Lipinski definition) is 3. The van der Waals surface area contributed by atoms with E-state index in [-0.39, 0.29) is 19.3 Å². The first kappa shape index (κ1) is 8.88. The highest BCUT2D eigenvalue weighted by Gasteiger charge is 2.04. The van der Waals surface area contributed by atoms with Gasteiger partial charge in [0.1, 0.15) is 0 Å². The third-order valence-corrected chi connectivity index (χ3v) is 1.47. The summed E-state index contributed by atoms with van der Waals surface area (Å²) in [5.41, 5.74) is 0. The summed E-state index contributed by atoms with van der Waals surface area (Å²) < 4.78 is 0. The maximum Gasteiger partial charge on any atom is 0.0584 e. The van der Waals surface area contributed by atoms with Gasteiger partial charge in [-0.25, -0.2) is 0 Å². The van der Waals surface area contributed by atoms with Crippen LogP contribution in [-0.4, -0.2) is 48.0 Å². The molecule has 0 saturated heterocycles. The van der Waals surface area contributed by atoms with Crippen molar-refractivity contribution < 1.29 is 10.2 Å². The second-order valence-corrected chi connectivity index (χ2v) is 2.24. The Labute approximate surface area is 55.9 Å². The molecule has 0 spiro atoms. The van der Waals surface area contributed by atoms with Crippen molar-refractivity contribution >= 4 is 0 Å². The van der Waals surface area contributed by atoms with E-state index in [2.05, 4.69) is 0 Å². The van der Waals surface area contributed by atoms with Crippen LogP contribution in [0.5, 0.6) is 0 Å². The van der Waals surface area contributed by atoms with Crippen LogP contribution < -0.4 is 0 Å². The molecule has 9 heavy (non-hydrogen) atoms. The second-order valence-electron chi connectivity index (χ2n) is 2.24. The number of aliphatic hydroxyl groups is 2. The Morgan fingerprint density at radius 1 is 1.44 bits per heavy atom. The van der Waals surface area contributed by atoms with Gasteiger partial charge in [-0.2, -0.15) is 0 Å². The molecule has 0 aliphatic carbocycles. The summed E-state index contributed by atoms with van der Waals surface area (Å²) in [6.45, 7) is 2.84. The highest BCUT2D eigenvalue weighted by Crippen LogP contribution is 1.90. The Kier molecular flexibility index (Phi) is 4.67. The lowest BCUT2D eigenvalue weighted by Crippen LogP contribution is -2.34. The predicted octanol–water partition coefficient (Wildman–Crippen LogP) is -0.709. The first-order valence-electron chi connectivity index (χ1n) is 3.14. The molecule has 0 bridgehead atoms. The summed E-state index contributed by atoms with van der Waals surface area (Å²) in [4.78, 5) is 1.90. The van der Waals surface area contributed by atoms with Crippen LogP contribution in [0.1, 0.15) is 6.92 Å². The largest absolute Gasteiger partial charge is 0.395 e. The quantitative estimate of drug-likeness (QED) is 0.532. The van der Waals surface area contributed by atoms with Gasteiger partial charge < -0.3 is 10.2 Å². The molecule has 0 amide bonds. The molecule has 0 aromatic carbocycles. The molecular formula is C6H15NO2. The first-order chi connectivity index (χ1) is 4.22. The fourth-order valence-electron chi connectivity index (χ4n) is 0.518. The van der Waals surface area contributed by atoms with Gasteiger partial charge in [-0.1, -0.05) is 0 Å². The lowest BCUT2D eigenvalue weighted by atomic mass is 10.3. The number of rotatable bonds is 4. The van der Waals surface area contributed by atoms with E-state index in [0.29, 0.717) is 6.54 Å². The second kappa shape index (κ2) is 4.73. The van der Waals surface area contributed by atoms with Crippen LogP contribution in [0.4, 0.5) is 0 Å². The predicted molar refractivity (Wildman–Crippen MR) is 36.3 cm³/mol. The van der Waals surface area contributed by atoms with Gasteiger partial charge in [0.25, 0.3) is 0 Å². The van der Waals surface area contributed by atoms with Crippen molar-refractivity contribution in [2.24, 2.45) is 0 Å². The van der Waals surface area contributed by atoms with Gasteiger partial charge in [-0.3, -0.25) is 4.90 Å². The number of nitrogens with zero attached hydrogens (tertiary/aromatic N) is 1. The van der Waals surface area contributed by atoms with Gasteiger partial charge in [0.2, 0.25) is 0 Å². The Morgan fingerprint density at radius 3 is 2.33 bits per heavy atom. The van der Waals surface area contributed by atoms with Gasteiger partial charge >= 0.3 is 0 Å². The lowest BCUT2D eigenvalue weighted by Gasteiger charge is -2.20. The van der Waals surface area contributed by atoms with E-state index in [0.717, 1.165) is 0 Å². The zero-order valence-corrected chi connectivity index (χ0v) is 6.04. The minimum absolute atomic E-state index is 0.149. The van der Waals surface area contributed by atoms with Crippen LogP contribution in [0.2, 0.25) is 0 Å². The molecule has 0 aromatic heterocycles. The average molecular weight is 133 g/mol. The van der Waals surface area contributed by atoms with E-state index in [1.54, 1.807) is 0 Å². The molecule has 3 heteroatoms. The minimum atomic E-state index is 0.149. The molecule has 0 radical (unpaired) electrons. The third kappa shape index (κ3) is 3.46. The summed E-state index contributed by atoms with van der Waals surface area (Å²) in [6, 6.07) is 0.150. The maximum atomic E-state index is 8.61. The Morgan fingerprint density at radius 2 is 2.00 bits per heavy atom. The summed E-state index contributed by atoms with van der Waals surface area (Å²) >= 11 is 0. The van der Waals surface area contributed by atoms with E-state index in [1.165, 1.54) is 0 Å². The number of likely N-dealkylation sites (N-methyl/N-ethyl adjacent to an activating group) is 1. The summed E-state index contributed by atoms with van der Waals surface area (Å²) in [7, 11) is 1.87. The molecule has 0 aromatic rings. The van der Waals surface area contributed by atoms with Gasteiger partial charge in [0, 0.05) is 12.6 Å². The van der Waals surface area contributed by atoms with Crippen molar-refractivity contribution in [3.8, 4) is 0 Å². The topological polar surface area (TPSA) is 43.7 Å². The van der Waals surface area contributed by atoms with Gasteiger partial charge in [0.05, 0.1) is 13.2 Å². The number of aliphatic hydroxyl groups excluding tert-OH is 2. The Hall–Kier alpha value is -0.120. The molecular weight excluding hydrogens is 118 g/mol. The SMILES string of the molecule is C[C@H](CO)N(C)CCO. The zero-order valence-electron chi connectivity index (χ0n) is 6.04. The first-order valence-corrected chi connectivity index (χ1v) is 3.14. The van der Waals surface area contributed by atoms with Gasteiger partial charge in [-0.05, 0) is 14.0 Å². The molecule has 1 atom stereocenters. The van der Waals surface area contributed by atoms with E-state index < -0.39 is 0 Å². The molecule has 2 N–H and O–H groups in total. The van der Waals surface area contributed by atoms with Gasteiger partial charge in [0.15, 0.2) is 0 Å².